The van der Waals surface area contributed by atoms with Crippen molar-refractivity contribution in [3.63, 3.8) is 0 Å². The number of methoxy groups -OCH3 is 1. The molecule has 28 heavy (non-hydrogen) atoms. The predicted molar refractivity (Wildman–Crippen MR) is 106 cm³/mol. The molecule has 0 aliphatic carbocycles. The standard InChI is InChI=1S/C18H22ClN3O5S/c1-11-16(18(23)21-14-10-13(19)4-5-15(14)26-3)20-12(2)17(11)28(24,25)22-6-8-27-9-7-22/h4-5,10,20H,6-9H2,1-3H3,(H,21,23). The van der Waals surface area contributed by atoms with Crippen molar-refractivity contribution in [1.82, 2.24) is 9.29 Å². The maximum Gasteiger partial charge on any atom is 0.272 e. The molecule has 0 atom stereocenters. The van der Waals surface area contributed by atoms with Crippen molar-refractivity contribution in [2.45, 2.75) is 18.7 Å². The van der Waals surface area contributed by atoms with Gasteiger partial charge in [0.25, 0.3) is 5.91 Å². The molecule has 2 heterocycles. The second-order valence-corrected chi connectivity index (χ2v) is 8.71. The first-order valence-electron chi connectivity index (χ1n) is 8.67. The second kappa shape index (κ2) is 8.12. The fourth-order valence-corrected chi connectivity index (χ4v) is 5.21. The number of benzene rings is 1. The number of rotatable bonds is 5. The van der Waals surface area contributed by atoms with E-state index in [9.17, 15) is 13.2 Å². The number of nitrogens with one attached hydrogen (secondary N) is 2. The van der Waals surface area contributed by atoms with Crippen LogP contribution in [0.2, 0.25) is 5.02 Å². The van der Waals surface area contributed by atoms with E-state index in [0.29, 0.717) is 40.9 Å². The number of anilines is 1. The smallest absolute Gasteiger partial charge is 0.272 e. The van der Waals surface area contributed by atoms with Gasteiger partial charge in [0.15, 0.2) is 0 Å². The summed E-state index contributed by atoms with van der Waals surface area (Å²) in [5, 5.41) is 3.16. The lowest BCUT2D eigenvalue weighted by Crippen LogP contribution is -2.40. The molecule has 0 radical (unpaired) electrons. The number of nitrogens with zero attached hydrogens (tertiary/aromatic N) is 1. The Morgan fingerprint density at radius 3 is 2.61 bits per heavy atom. The summed E-state index contributed by atoms with van der Waals surface area (Å²) in [6.07, 6.45) is 0. The quantitative estimate of drug-likeness (QED) is 0.763. The van der Waals surface area contributed by atoms with Crippen LogP contribution in [0.25, 0.3) is 0 Å². The lowest BCUT2D eigenvalue weighted by molar-refractivity contribution is 0.0730. The predicted octanol–water partition coefficient (Wildman–Crippen LogP) is 2.57. The summed E-state index contributed by atoms with van der Waals surface area (Å²) >= 11 is 6.00. The SMILES string of the molecule is COc1ccc(Cl)cc1NC(=O)c1[nH]c(C)c(S(=O)(=O)N2CCOCC2)c1C. The zero-order valence-corrected chi connectivity index (χ0v) is 17.4. The maximum absolute atomic E-state index is 13.0. The molecule has 10 heteroatoms. The first-order chi connectivity index (χ1) is 13.3. The number of morpholine rings is 1. The van der Waals surface area contributed by atoms with Gasteiger partial charge in [-0.2, -0.15) is 4.31 Å². The van der Waals surface area contributed by atoms with Gasteiger partial charge in [-0.05, 0) is 37.6 Å². The lowest BCUT2D eigenvalue weighted by Gasteiger charge is -2.26. The Hall–Kier alpha value is -2.07. The molecule has 0 unspecified atom stereocenters. The van der Waals surface area contributed by atoms with Gasteiger partial charge in [0.05, 0.1) is 26.0 Å². The van der Waals surface area contributed by atoms with Crippen molar-refractivity contribution in [1.29, 1.82) is 0 Å². The molecular weight excluding hydrogens is 406 g/mol. The molecule has 1 aromatic carbocycles. The molecule has 1 amide bonds. The first-order valence-corrected chi connectivity index (χ1v) is 10.5. The van der Waals surface area contributed by atoms with E-state index < -0.39 is 15.9 Å². The van der Waals surface area contributed by atoms with Crippen LogP contribution >= 0.6 is 11.6 Å². The van der Waals surface area contributed by atoms with E-state index >= 15 is 0 Å². The van der Waals surface area contributed by atoms with E-state index in [-0.39, 0.29) is 23.7 Å². The van der Waals surface area contributed by atoms with Gasteiger partial charge in [-0.25, -0.2) is 8.42 Å². The topological polar surface area (TPSA) is 101 Å². The number of carbonyl (C=O) groups excluding carboxylic acids is 1. The van der Waals surface area contributed by atoms with Crippen molar-refractivity contribution in [2.75, 3.05) is 38.7 Å². The molecule has 1 fully saturated rings. The van der Waals surface area contributed by atoms with Crippen molar-refractivity contribution < 1.29 is 22.7 Å². The largest absolute Gasteiger partial charge is 0.495 e. The van der Waals surface area contributed by atoms with E-state index in [1.165, 1.54) is 11.4 Å². The zero-order valence-electron chi connectivity index (χ0n) is 15.8. The van der Waals surface area contributed by atoms with Crippen LogP contribution in [0.3, 0.4) is 0 Å². The van der Waals surface area contributed by atoms with Crippen LogP contribution in [0.4, 0.5) is 5.69 Å². The summed E-state index contributed by atoms with van der Waals surface area (Å²) in [6, 6.07) is 4.85. The van der Waals surface area contributed by atoms with Gasteiger partial charge in [0, 0.05) is 23.8 Å². The minimum atomic E-state index is -3.73. The minimum absolute atomic E-state index is 0.123. The van der Waals surface area contributed by atoms with Crippen LogP contribution in [-0.4, -0.2) is 57.0 Å². The molecule has 0 bridgehead atoms. The monoisotopic (exact) mass is 427 g/mol. The minimum Gasteiger partial charge on any atom is -0.495 e. The van der Waals surface area contributed by atoms with Gasteiger partial charge >= 0.3 is 0 Å². The number of aromatic amines is 1. The number of hydrogen-bond acceptors (Lipinski definition) is 5. The first kappa shape index (κ1) is 20.7. The Bertz CT molecular complexity index is 997. The second-order valence-electron chi connectivity index (χ2n) is 6.39. The molecule has 2 aromatic rings. The average Bonchev–Trinajstić information content (AvgIpc) is 2.97. The molecule has 0 spiro atoms. The van der Waals surface area contributed by atoms with Crippen LogP contribution < -0.4 is 10.1 Å². The Kier molecular flexibility index (Phi) is 5.99. The van der Waals surface area contributed by atoms with Gasteiger partial charge < -0.3 is 19.8 Å². The highest BCUT2D eigenvalue weighted by molar-refractivity contribution is 7.89. The van der Waals surface area contributed by atoms with Crippen LogP contribution in [0.5, 0.6) is 5.75 Å². The van der Waals surface area contributed by atoms with Gasteiger partial charge in [0.2, 0.25) is 10.0 Å². The molecule has 1 aliphatic heterocycles. The molecule has 3 rings (SSSR count). The molecule has 152 valence electrons. The molecule has 8 nitrogen and oxygen atoms in total. The van der Waals surface area contributed by atoms with Crippen molar-refractivity contribution in [2.24, 2.45) is 0 Å². The number of aromatic nitrogens is 1. The number of sulfonamides is 1. The fraction of sp³-hybridized carbons (Fsp3) is 0.389. The van der Waals surface area contributed by atoms with E-state index in [1.54, 1.807) is 32.0 Å². The van der Waals surface area contributed by atoms with Crippen LogP contribution in [0.1, 0.15) is 21.7 Å². The zero-order chi connectivity index (χ0) is 20.5. The Morgan fingerprint density at radius 2 is 1.96 bits per heavy atom. The third-order valence-electron chi connectivity index (χ3n) is 4.57. The summed E-state index contributed by atoms with van der Waals surface area (Å²) in [4.78, 5) is 15.8. The van der Waals surface area contributed by atoms with Crippen molar-refractivity contribution in [3.05, 3.63) is 40.2 Å². The summed E-state index contributed by atoms with van der Waals surface area (Å²) in [5.74, 6) is -0.0376. The number of ether oxygens (including phenoxy) is 2. The van der Waals surface area contributed by atoms with Crippen LogP contribution in [-0.2, 0) is 14.8 Å². The normalized spacial score (nSPS) is 15.4. The van der Waals surface area contributed by atoms with Gasteiger partial charge in [-0.1, -0.05) is 11.6 Å². The van der Waals surface area contributed by atoms with Crippen molar-refractivity contribution >= 4 is 33.2 Å². The number of amides is 1. The number of halogens is 1. The fourth-order valence-electron chi connectivity index (χ4n) is 3.23. The Balaban J connectivity index is 1.93. The van der Waals surface area contributed by atoms with E-state index in [0.717, 1.165) is 0 Å². The van der Waals surface area contributed by atoms with Crippen molar-refractivity contribution in [3.8, 4) is 5.75 Å². The third kappa shape index (κ3) is 3.88. The summed E-state index contributed by atoms with van der Waals surface area (Å²) in [6.45, 7) is 4.52. The van der Waals surface area contributed by atoms with Crippen LogP contribution in [0, 0.1) is 13.8 Å². The van der Waals surface area contributed by atoms with Crippen LogP contribution in [0.15, 0.2) is 23.1 Å². The molecular formula is C18H22ClN3O5S. The highest BCUT2D eigenvalue weighted by Crippen LogP contribution is 2.30. The van der Waals surface area contributed by atoms with Gasteiger partial charge in [-0.3, -0.25) is 4.79 Å². The number of carbonyl (C=O) groups is 1. The number of H-pyrrole nitrogens is 1. The number of hydrogen-bond donors (Lipinski definition) is 2. The average molecular weight is 428 g/mol. The highest BCUT2D eigenvalue weighted by atomic mass is 35.5. The Labute approximate surface area is 168 Å². The van der Waals surface area contributed by atoms with Gasteiger partial charge in [-0.15, -0.1) is 0 Å². The summed E-state index contributed by atoms with van der Waals surface area (Å²) in [5.41, 5.74) is 1.34. The molecule has 0 saturated carbocycles. The Morgan fingerprint density at radius 1 is 1.29 bits per heavy atom. The lowest BCUT2D eigenvalue weighted by atomic mass is 10.2. The van der Waals surface area contributed by atoms with E-state index in [2.05, 4.69) is 10.3 Å². The summed E-state index contributed by atoms with van der Waals surface area (Å²) in [7, 11) is -2.25. The summed E-state index contributed by atoms with van der Waals surface area (Å²) < 4.78 is 37.9. The van der Waals surface area contributed by atoms with Gasteiger partial charge in [0.1, 0.15) is 16.3 Å². The van der Waals surface area contributed by atoms with E-state index in [1.807, 2.05) is 0 Å². The maximum atomic E-state index is 13.0. The number of aryl methyl sites for hydroxylation is 1. The molecule has 2 N–H and O–H groups in total. The highest BCUT2D eigenvalue weighted by Gasteiger charge is 2.32. The van der Waals surface area contributed by atoms with E-state index in [4.69, 9.17) is 21.1 Å². The molecule has 1 aromatic heterocycles. The molecule has 1 saturated heterocycles. The third-order valence-corrected chi connectivity index (χ3v) is 6.98. The molecule has 1 aliphatic rings.